The van der Waals surface area contributed by atoms with Crippen molar-refractivity contribution in [2.75, 3.05) is 0 Å². The van der Waals surface area contributed by atoms with Gasteiger partial charge in [0.15, 0.2) is 11.6 Å². The van der Waals surface area contributed by atoms with Crippen LogP contribution >= 0.6 is 0 Å². The summed E-state index contributed by atoms with van der Waals surface area (Å²) in [7, 11) is 0. The van der Waals surface area contributed by atoms with Crippen LogP contribution < -0.4 is 0 Å². The monoisotopic (exact) mass is 402 g/mol. The highest BCUT2D eigenvalue weighted by molar-refractivity contribution is 6.23. The van der Waals surface area contributed by atoms with E-state index in [0.29, 0.717) is 0 Å². The largest absolute Gasteiger partial charge is 0.478 e. The molecule has 0 unspecified atom stereocenters. The van der Waals surface area contributed by atoms with Gasteiger partial charge in [-0.25, -0.2) is 9.59 Å². The van der Waals surface area contributed by atoms with E-state index in [2.05, 4.69) is 0 Å². The molecule has 0 aliphatic rings. The molecule has 0 atom stereocenters. The van der Waals surface area contributed by atoms with E-state index in [-0.39, 0.29) is 16.7 Å². The number of rotatable bonds is 6. The SMILES string of the molecule is Cc1ccc(C(=O)c2ccc(C(=O)O)c(C(=O)c3ccc(C)cc3)c2C(=O)O)cc1. The molecule has 0 bridgehead atoms. The highest BCUT2D eigenvalue weighted by Crippen LogP contribution is 2.26. The van der Waals surface area contributed by atoms with Crippen molar-refractivity contribution in [3.8, 4) is 0 Å². The summed E-state index contributed by atoms with van der Waals surface area (Å²) in [5, 5.41) is 19.4. The Morgan fingerprint density at radius 3 is 1.40 bits per heavy atom. The Hall–Kier alpha value is -4.06. The van der Waals surface area contributed by atoms with Gasteiger partial charge in [-0.2, -0.15) is 0 Å². The minimum atomic E-state index is -1.55. The van der Waals surface area contributed by atoms with Gasteiger partial charge >= 0.3 is 11.9 Å². The summed E-state index contributed by atoms with van der Waals surface area (Å²) >= 11 is 0. The number of benzene rings is 3. The molecule has 0 aliphatic carbocycles. The Labute approximate surface area is 172 Å². The summed E-state index contributed by atoms with van der Waals surface area (Å²) in [4.78, 5) is 50.0. The number of carboxylic acid groups (broad SMARTS) is 2. The van der Waals surface area contributed by atoms with E-state index < -0.39 is 40.2 Å². The molecule has 0 aliphatic heterocycles. The van der Waals surface area contributed by atoms with Crippen LogP contribution in [-0.2, 0) is 0 Å². The molecular formula is C24H18O6. The van der Waals surface area contributed by atoms with Crippen molar-refractivity contribution < 1.29 is 29.4 Å². The zero-order valence-electron chi connectivity index (χ0n) is 16.3. The van der Waals surface area contributed by atoms with Crippen molar-refractivity contribution in [1.82, 2.24) is 0 Å². The van der Waals surface area contributed by atoms with E-state index in [1.807, 2.05) is 13.8 Å². The third-order valence-corrected chi connectivity index (χ3v) is 4.75. The van der Waals surface area contributed by atoms with E-state index in [1.54, 1.807) is 36.4 Å². The normalized spacial score (nSPS) is 10.5. The number of hydrogen-bond donors (Lipinski definition) is 2. The van der Waals surface area contributed by atoms with Gasteiger partial charge in [-0.3, -0.25) is 9.59 Å². The fourth-order valence-electron chi connectivity index (χ4n) is 3.14. The van der Waals surface area contributed by atoms with E-state index in [9.17, 15) is 29.4 Å². The summed E-state index contributed by atoms with van der Waals surface area (Å²) in [5.41, 5.74) is 0.312. The second-order valence-corrected chi connectivity index (χ2v) is 6.91. The standard InChI is InChI=1S/C24H18O6/c1-13-3-7-15(8-4-13)21(25)17-11-12-18(23(27)28)19(20(17)24(29)30)22(26)16-9-5-14(2)6-10-16/h3-12H,1-2H3,(H,27,28)(H,29,30). The first-order valence-corrected chi connectivity index (χ1v) is 9.07. The van der Waals surface area contributed by atoms with Crippen molar-refractivity contribution in [2.24, 2.45) is 0 Å². The van der Waals surface area contributed by atoms with Gasteiger partial charge in [0.05, 0.1) is 16.7 Å². The van der Waals surface area contributed by atoms with Crippen LogP contribution in [0.4, 0.5) is 0 Å². The molecule has 0 spiro atoms. The number of carbonyl (C=O) groups is 4. The summed E-state index contributed by atoms with van der Waals surface area (Å²) < 4.78 is 0. The Balaban J connectivity index is 2.27. The van der Waals surface area contributed by atoms with Gasteiger partial charge in [0, 0.05) is 16.7 Å². The van der Waals surface area contributed by atoms with Crippen molar-refractivity contribution in [1.29, 1.82) is 0 Å². The molecule has 30 heavy (non-hydrogen) atoms. The molecule has 150 valence electrons. The van der Waals surface area contributed by atoms with E-state index in [1.165, 1.54) is 12.1 Å². The predicted octanol–water partition coefficient (Wildman–Crippen LogP) is 4.16. The van der Waals surface area contributed by atoms with Gasteiger partial charge in [0.25, 0.3) is 0 Å². The molecule has 6 nitrogen and oxygen atoms in total. The highest BCUT2D eigenvalue weighted by atomic mass is 16.4. The number of ketones is 2. The Bertz CT molecular complexity index is 1170. The van der Waals surface area contributed by atoms with Crippen molar-refractivity contribution in [3.05, 3.63) is 105 Å². The first kappa shape index (κ1) is 20.7. The second kappa shape index (κ2) is 8.13. The average molecular weight is 402 g/mol. The van der Waals surface area contributed by atoms with Crippen LogP contribution in [0.2, 0.25) is 0 Å². The Morgan fingerprint density at radius 1 is 0.533 bits per heavy atom. The molecule has 0 saturated carbocycles. The van der Waals surface area contributed by atoms with Crippen LogP contribution in [0.1, 0.15) is 63.7 Å². The van der Waals surface area contributed by atoms with Crippen LogP contribution in [0.25, 0.3) is 0 Å². The van der Waals surface area contributed by atoms with Gasteiger partial charge in [-0.1, -0.05) is 59.7 Å². The summed E-state index contributed by atoms with van der Waals surface area (Å²) in [6.07, 6.45) is 0. The molecule has 0 radical (unpaired) electrons. The molecule has 0 heterocycles. The lowest BCUT2D eigenvalue weighted by Crippen LogP contribution is -2.20. The number of aryl methyl sites for hydroxylation is 2. The smallest absolute Gasteiger partial charge is 0.337 e. The first-order valence-electron chi connectivity index (χ1n) is 9.07. The van der Waals surface area contributed by atoms with Crippen molar-refractivity contribution in [2.45, 2.75) is 13.8 Å². The lowest BCUT2D eigenvalue weighted by Gasteiger charge is -2.14. The molecule has 3 rings (SSSR count). The minimum Gasteiger partial charge on any atom is -0.478 e. The van der Waals surface area contributed by atoms with Gasteiger partial charge < -0.3 is 10.2 Å². The molecule has 3 aromatic carbocycles. The molecule has 2 N–H and O–H groups in total. The maximum absolute atomic E-state index is 13.1. The Morgan fingerprint density at radius 2 is 0.967 bits per heavy atom. The molecule has 0 amide bonds. The van der Waals surface area contributed by atoms with E-state index in [4.69, 9.17) is 0 Å². The molecule has 0 saturated heterocycles. The maximum Gasteiger partial charge on any atom is 0.337 e. The van der Waals surface area contributed by atoms with Gasteiger partial charge in [0.1, 0.15) is 0 Å². The fourth-order valence-corrected chi connectivity index (χ4v) is 3.14. The average Bonchev–Trinajstić information content (AvgIpc) is 2.72. The lowest BCUT2D eigenvalue weighted by molar-refractivity contribution is 0.0686. The van der Waals surface area contributed by atoms with Crippen LogP contribution in [0.15, 0.2) is 60.7 Å². The first-order chi connectivity index (χ1) is 14.2. The molecular weight excluding hydrogens is 384 g/mol. The molecule has 3 aromatic rings. The molecule has 0 aromatic heterocycles. The van der Waals surface area contributed by atoms with Crippen LogP contribution in [-0.4, -0.2) is 33.7 Å². The molecule has 0 fully saturated rings. The predicted molar refractivity (Wildman–Crippen MR) is 110 cm³/mol. The summed E-state index contributed by atoms with van der Waals surface area (Å²) in [6.45, 7) is 3.66. The fraction of sp³-hybridized carbons (Fsp3) is 0.0833. The minimum absolute atomic E-state index is 0.130. The summed E-state index contributed by atoms with van der Waals surface area (Å²) in [6, 6.07) is 15.1. The highest BCUT2D eigenvalue weighted by Gasteiger charge is 2.30. The second-order valence-electron chi connectivity index (χ2n) is 6.91. The van der Waals surface area contributed by atoms with Gasteiger partial charge in [-0.05, 0) is 26.0 Å². The maximum atomic E-state index is 13.1. The zero-order chi connectivity index (χ0) is 22.0. The van der Waals surface area contributed by atoms with Gasteiger partial charge in [-0.15, -0.1) is 0 Å². The number of carbonyl (C=O) groups excluding carboxylic acids is 2. The third kappa shape index (κ3) is 3.89. The van der Waals surface area contributed by atoms with E-state index >= 15 is 0 Å². The van der Waals surface area contributed by atoms with Crippen LogP contribution in [0.5, 0.6) is 0 Å². The Kier molecular flexibility index (Phi) is 5.60. The number of aromatic carboxylic acids is 2. The summed E-state index contributed by atoms with van der Waals surface area (Å²) in [5.74, 6) is -4.39. The lowest BCUT2D eigenvalue weighted by atomic mass is 9.87. The van der Waals surface area contributed by atoms with Crippen LogP contribution in [0.3, 0.4) is 0 Å². The third-order valence-electron chi connectivity index (χ3n) is 4.75. The zero-order valence-corrected chi connectivity index (χ0v) is 16.3. The topological polar surface area (TPSA) is 109 Å². The number of carboxylic acids is 2. The quantitative estimate of drug-likeness (QED) is 0.599. The van der Waals surface area contributed by atoms with Crippen LogP contribution in [0, 0.1) is 13.8 Å². The van der Waals surface area contributed by atoms with E-state index in [0.717, 1.165) is 23.3 Å². The molecule has 6 heteroatoms. The number of hydrogen-bond acceptors (Lipinski definition) is 4. The van der Waals surface area contributed by atoms with Gasteiger partial charge in [0.2, 0.25) is 0 Å². The van der Waals surface area contributed by atoms with Crippen molar-refractivity contribution >= 4 is 23.5 Å². The van der Waals surface area contributed by atoms with Crippen molar-refractivity contribution in [3.63, 3.8) is 0 Å².